The van der Waals surface area contributed by atoms with Crippen molar-refractivity contribution in [1.29, 1.82) is 0 Å². The van der Waals surface area contributed by atoms with Crippen molar-refractivity contribution in [2.75, 3.05) is 31.1 Å². The van der Waals surface area contributed by atoms with E-state index in [1.54, 1.807) is 0 Å². The van der Waals surface area contributed by atoms with Crippen LogP contribution in [-0.4, -0.2) is 51.3 Å². The molecule has 1 aliphatic heterocycles. The fraction of sp³-hybridized carbons (Fsp3) is 0.667. The van der Waals surface area contributed by atoms with Crippen LogP contribution in [0, 0.1) is 0 Å². The zero-order valence-electron chi connectivity index (χ0n) is 16.5. The highest BCUT2D eigenvalue weighted by Crippen LogP contribution is 2.32. The Kier molecular flexibility index (Phi) is 6.02. The van der Waals surface area contributed by atoms with Crippen LogP contribution in [0.25, 0.3) is 0 Å². The molecule has 2 fully saturated rings. The summed E-state index contributed by atoms with van der Waals surface area (Å²) in [5.74, 6) is 1.09. The monoisotopic (exact) mass is 368 g/mol. The van der Waals surface area contributed by atoms with Gasteiger partial charge in [-0.2, -0.15) is 0 Å². The second-order valence-corrected chi connectivity index (χ2v) is 7.94. The van der Waals surface area contributed by atoms with Gasteiger partial charge >= 0.3 is 0 Å². The summed E-state index contributed by atoms with van der Waals surface area (Å²) in [6, 6.07) is 11.6. The maximum absolute atomic E-state index is 4.51. The van der Waals surface area contributed by atoms with Gasteiger partial charge in [-0.15, -0.1) is 5.10 Å². The standard InChI is InChI=1S/C21H32N6/c1-2-9-20(21-22-23-24-27(21)19-12-7-4-8-13-19)26-16-14-25(15-17-26)18-10-5-3-6-11-18/h3,5-6,10-11,19-20H,2,4,7-9,12-17H2,1H3/t20-/m0/s1. The third kappa shape index (κ3) is 4.15. The van der Waals surface area contributed by atoms with Crippen LogP contribution in [0.1, 0.15) is 69.8 Å². The van der Waals surface area contributed by atoms with Crippen LogP contribution in [0.4, 0.5) is 5.69 Å². The molecule has 1 saturated carbocycles. The first-order valence-corrected chi connectivity index (χ1v) is 10.7. The Morgan fingerprint density at radius 2 is 1.74 bits per heavy atom. The molecule has 1 atom stereocenters. The van der Waals surface area contributed by atoms with Crippen LogP contribution < -0.4 is 4.90 Å². The van der Waals surface area contributed by atoms with Gasteiger partial charge in [-0.25, -0.2) is 4.68 Å². The number of nitrogens with zero attached hydrogens (tertiary/aromatic N) is 6. The molecule has 1 aliphatic carbocycles. The van der Waals surface area contributed by atoms with Crippen molar-refractivity contribution in [2.24, 2.45) is 0 Å². The predicted octanol–water partition coefficient (Wildman–Crippen LogP) is 3.84. The summed E-state index contributed by atoms with van der Waals surface area (Å²) >= 11 is 0. The number of benzene rings is 1. The quantitative estimate of drug-likeness (QED) is 0.775. The van der Waals surface area contributed by atoms with E-state index < -0.39 is 0 Å². The van der Waals surface area contributed by atoms with Crippen LogP contribution in [0.5, 0.6) is 0 Å². The number of anilines is 1. The molecule has 1 aromatic heterocycles. The summed E-state index contributed by atoms with van der Waals surface area (Å²) in [6.45, 7) is 6.53. The van der Waals surface area contributed by atoms with Crippen molar-refractivity contribution in [3.05, 3.63) is 36.2 Å². The predicted molar refractivity (Wildman–Crippen MR) is 108 cm³/mol. The molecule has 0 bridgehead atoms. The van der Waals surface area contributed by atoms with Gasteiger partial charge in [0.05, 0.1) is 12.1 Å². The SMILES string of the molecule is CCC[C@@H](c1nnnn1C1CCCCC1)N1CCN(c2ccccc2)CC1. The fourth-order valence-corrected chi connectivity index (χ4v) is 4.68. The van der Waals surface area contributed by atoms with Crippen molar-refractivity contribution < 1.29 is 0 Å². The van der Waals surface area contributed by atoms with Crippen molar-refractivity contribution >= 4 is 5.69 Å². The number of hydrogen-bond donors (Lipinski definition) is 0. The van der Waals surface area contributed by atoms with Gasteiger partial charge in [-0.3, -0.25) is 4.90 Å². The summed E-state index contributed by atoms with van der Waals surface area (Å²) in [5, 5.41) is 13.0. The van der Waals surface area contributed by atoms with E-state index in [2.05, 4.69) is 67.3 Å². The smallest absolute Gasteiger partial charge is 0.168 e. The lowest BCUT2D eigenvalue weighted by Gasteiger charge is -2.40. The molecule has 2 aliphatic rings. The molecule has 4 rings (SSSR count). The van der Waals surface area contributed by atoms with E-state index in [1.165, 1.54) is 37.8 Å². The minimum Gasteiger partial charge on any atom is -0.369 e. The molecule has 1 saturated heterocycles. The summed E-state index contributed by atoms with van der Waals surface area (Å²) in [6.07, 6.45) is 8.68. The molecular weight excluding hydrogens is 336 g/mol. The topological polar surface area (TPSA) is 50.1 Å². The van der Waals surface area contributed by atoms with Crippen LogP contribution >= 0.6 is 0 Å². The normalized spacial score (nSPS) is 20.7. The van der Waals surface area contributed by atoms with Crippen molar-refractivity contribution in [3.8, 4) is 0 Å². The van der Waals surface area contributed by atoms with E-state index in [-0.39, 0.29) is 0 Å². The van der Waals surface area contributed by atoms with Crippen molar-refractivity contribution in [2.45, 2.75) is 64.0 Å². The molecule has 27 heavy (non-hydrogen) atoms. The highest BCUT2D eigenvalue weighted by Gasteiger charge is 2.30. The Hall–Kier alpha value is -1.95. The number of piperazine rings is 1. The highest BCUT2D eigenvalue weighted by molar-refractivity contribution is 5.46. The summed E-state index contributed by atoms with van der Waals surface area (Å²) in [5.41, 5.74) is 1.33. The Labute approximate surface area is 162 Å². The number of aromatic nitrogens is 4. The molecule has 6 nitrogen and oxygen atoms in total. The zero-order chi connectivity index (χ0) is 18.5. The van der Waals surface area contributed by atoms with Gasteiger partial charge in [0.1, 0.15) is 0 Å². The first-order valence-electron chi connectivity index (χ1n) is 10.7. The molecule has 6 heteroatoms. The van der Waals surface area contributed by atoms with Gasteiger partial charge in [-0.1, -0.05) is 50.8 Å². The molecule has 0 radical (unpaired) electrons. The maximum Gasteiger partial charge on any atom is 0.168 e. The number of tetrazole rings is 1. The van der Waals surface area contributed by atoms with E-state index in [1.807, 2.05) is 0 Å². The van der Waals surface area contributed by atoms with Gasteiger partial charge in [0.15, 0.2) is 5.82 Å². The van der Waals surface area contributed by atoms with Gasteiger partial charge in [0, 0.05) is 31.9 Å². The number of hydrogen-bond acceptors (Lipinski definition) is 5. The Morgan fingerprint density at radius 3 is 2.44 bits per heavy atom. The molecule has 146 valence electrons. The number of para-hydroxylation sites is 1. The average Bonchev–Trinajstić information content (AvgIpc) is 3.23. The van der Waals surface area contributed by atoms with Crippen LogP contribution in [0.15, 0.2) is 30.3 Å². The molecule has 0 N–H and O–H groups in total. The molecule has 2 aromatic rings. The van der Waals surface area contributed by atoms with Crippen molar-refractivity contribution in [3.63, 3.8) is 0 Å². The summed E-state index contributed by atoms with van der Waals surface area (Å²) < 4.78 is 2.17. The Bertz CT molecular complexity index is 686. The summed E-state index contributed by atoms with van der Waals surface area (Å²) in [7, 11) is 0. The first-order chi connectivity index (χ1) is 13.4. The van der Waals surface area contributed by atoms with Gasteiger partial charge in [-0.05, 0) is 41.8 Å². The largest absolute Gasteiger partial charge is 0.369 e. The highest BCUT2D eigenvalue weighted by atomic mass is 15.6. The summed E-state index contributed by atoms with van der Waals surface area (Å²) in [4.78, 5) is 5.09. The minimum absolute atomic E-state index is 0.338. The van der Waals surface area contributed by atoms with Crippen LogP contribution in [0.3, 0.4) is 0 Å². The fourth-order valence-electron chi connectivity index (χ4n) is 4.68. The minimum atomic E-state index is 0.338. The van der Waals surface area contributed by atoms with Crippen LogP contribution in [0.2, 0.25) is 0 Å². The third-order valence-corrected chi connectivity index (χ3v) is 6.18. The lowest BCUT2D eigenvalue weighted by molar-refractivity contribution is 0.158. The maximum atomic E-state index is 4.51. The second-order valence-electron chi connectivity index (χ2n) is 7.94. The molecular formula is C21H32N6. The lowest BCUT2D eigenvalue weighted by Crippen LogP contribution is -2.48. The molecule has 0 unspecified atom stereocenters. The van der Waals surface area contributed by atoms with E-state index in [0.29, 0.717) is 12.1 Å². The Balaban J connectivity index is 1.47. The Morgan fingerprint density at radius 1 is 1.00 bits per heavy atom. The van der Waals surface area contributed by atoms with E-state index in [9.17, 15) is 0 Å². The molecule has 2 heterocycles. The van der Waals surface area contributed by atoms with Gasteiger partial charge in [0.25, 0.3) is 0 Å². The van der Waals surface area contributed by atoms with Crippen molar-refractivity contribution in [1.82, 2.24) is 25.1 Å². The molecule has 0 amide bonds. The van der Waals surface area contributed by atoms with Gasteiger partial charge in [0.2, 0.25) is 0 Å². The second kappa shape index (κ2) is 8.83. The molecule has 1 aromatic carbocycles. The van der Waals surface area contributed by atoms with Gasteiger partial charge < -0.3 is 4.90 Å². The molecule has 0 spiro atoms. The lowest BCUT2D eigenvalue weighted by atomic mass is 9.95. The van der Waals surface area contributed by atoms with E-state index >= 15 is 0 Å². The zero-order valence-corrected chi connectivity index (χ0v) is 16.5. The van der Waals surface area contributed by atoms with E-state index in [0.717, 1.165) is 44.8 Å². The van der Waals surface area contributed by atoms with Crippen LogP contribution in [-0.2, 0) is 0 Å². The number of rotatable bonds is 6. The van der Waals surface area contributed by atoms with E-state index in [4.69, 9.17) is 0 Å². The third-order valence-electron chi connectivity index (χ3n) is 6.18. The average molecular weight is 369 g/mol. The first kappa shape index (κ1) is 18.4.